The Bertz CT molecular complexity index is 1300. The van der Waals surface area contributed by atoms with Gasteiger partial charge < -0.3 is 10.2 Å². The van der Waals surface area contributed by atoms with Crippen LogP contribution in [0.25, 0.3) is 0 Å². The van der Waals surface area contributed by atoms with E-state index in [1.165, 1.54) is 0 Å². The van der Waals surface area contributed by atoms with Gasteiger partial charge in [0.05, 0.1) is 0 Å². The van der Waals surface area contributed by atoms with Crippen LogP contribution in [0.4, 0.5) is 0 Å². The second-order valence-electron chi connectivity index (χ2n) is 8.05. The highest BCUT2D eigenvalue weighted by Crippen LogP contribution is 2.24. The minimum Gasteiger partial charge on any atom is -0.350 e. The average Bonchev–Trinajstić information content (AvgIpc) is 2.92. The Morgan fingerprint density at radius 2 is 1.20 bits per heavy atom. The van der Waals surface area contributed by atoms with Gasteiger partial charge in [0, 0.05) is 24.6 Å². The summed E-state index contributed by atoms with van der Waals surface area (Å²) in [5.74, 6) is 5.02. The van der Waals surface area contributed by atoms with Crippen LogP contribution in [0.3, 0.4) is 0 Å². The van der Waals surface area contributed by atoms with Crippen molar-refractivity contribution in [2.75, 3.05) is 0 Å². The number of rotatable bonds is 7. The largest absolute Gasteiger partial charge is 0.350 e. The third-order valence-electron chi connectivity index (χ3n) is 5.53. The standard InChI is InChI=1S/C31H26N2O2/c34-29(22-21-25-13-5-1-6-14-25)33(24-27-17-9-3-10-18-27)30(28-19-11-4-12-20-28)31(35)32-23-26-15-7-2-8-16-26/h1-20,30H,23-24H2,(H,32,35). The highest BCUT2D eigenvalue weighted by Gasteiger charge is 2.30. The van der Waals surface area contributed by atoms with E-state index >= 15 is 0 Å². The fraction of sp³-hybridized carbons (Fsp3) is 0.0968. The van der Waals surface area contributed by atoms with Crippen LogP contribution in [0.1, 0.15) is 28.3 Å². The van der Waals surface area contributed by atoms with Gasteiger partial charge in [-0.15, -0.1) is 0 Å². The summed E-state index contributed by atoms with van der Waals surface area (Å²) in [6.45, 7) is 0.619. The highest BCUT2D eigenvalue weighted by atomic mass is 16.2. The number of nitrogens with one attached hydrogen (secondary N) is 1. The van der Waals surface area contributed by atoms with E-state index < -0.39 is 11.9 Å². The first kappa shape index (κ1) is 23.5. The maximum absolute atomic E-state index is 13.6. The summed E-state index contributed by atoms with van der Waals surface area (Å²) in [6.07, 6.45) is 0. The van der Waals surface area contributed by atoms with Crippen molar-refractivity contribution in [2.24, 2.45) is 0 Å². The molecule has 1 N–H and O–H groups in total. The van der Waals surface area contributed by atoms with Gasteiger partial charge >= 0.3 is 0 Å². The zero-order valence-electron chi connectivity index (χ0n) is 19.3. The topological polar surface area (TPSA) is 49.4 Å². The van der Waals surface area contributed by atoms with Gasteiger partial charge in [-0.2, -0.15) is 0 Å². The van der Waals surface area contributed by atoms with Crippen LogP contribution in [-0.2, 0) is 22.7 Å². The zero-order chi connectivity index (χ0) is 24.3. The number of amides is 2. The van der Waals surface area contributed by atoms with Crippen molar-refractivity contribution in [1.82, 2.24) is 10.2 Å². The smallest absolute Gasteiger partial charge is 0.300 e. The van der Waals surface area contributed by atoms with Crippen molar-refractivity contribution in [3.63, 3.8) is 0 Å². The molecule has 4 nitrogen and oxygen atoms in total. The number of carbonyl (C=O) groups excluding carboxylic acids is 2. The second kappa shape index (κ2) is 12.0. The average molecular weight is 459 g/mol. The van der Waals surface area contributed by atoms with Crippen LogP contribution in [0.15, 0.2) is 121 Å². The maximum atomic E-state index is 13.6. The minimum absolute atomic E-state index is 0.251. The summed E-state index contributed by atoms with van der Waals surface area (Å²) in [5.41, 5.74) is 3.37. The quantitative estimate of drug-likeness (QED) is 0.391. The van der Waals surface area contributed by atoms with Crippen molar-refractivity contribution < 1.29 is 9.59 Å². The van der Waals surface area contributed by atoms with E-state index in [-0.39, 0.29) is 12.5 Å². The van der Waals surface area contributed by atoms with E-state index in [1.807, 2.05) is 121 Å². The molecule has 4 aromatic carbocycles. The summed E-state index contributed by atoms with van der Waals surface area (Å²) < 4.78 is 0. The summed E-state index contributed by atoms with van der Waals surface area (Å²) >= 11 is 0. The number of hydrogen-bond donors (Lipinski definition) is 1. The van der Waals surface area contributed by atoms with Crippen LogP contribution in [0.2, 0.25) is 0 Å². The minimum atomic E-state index is -0.835. The molecule has 0 saturated heterocycles. The van der Waals surface area contributed by atoms with Gasteiger partial charge in [0.15, 0.2) is 0 Å². The number of carbonyl (C=O) groups is 2. The summed E-state index contributed by atoms with van der Waals surface area (Å²) in [4.78, 5) is 28.6. The molecule has 4 aromatic rings. The lowest BCUT2D eigenvalue weighted by Crippen LogP contribution is -2.42. The third-order valence-corrected chi connectivity index (χ3v) is 5.53. The Morgan fingerprint density at radius 1 is 0.686 bits per heavy atom. The highest BCUT2D eigenvalue weighted by molar-refractivity contribution is 5.98. The molecule has 0 aliphatic heterocycles. The predicted octanol–water partition coefficient (Wildman–Crippen LogP) is 5.12. The van der Waals surface area contributed by atoms with Crippen LogP contribution in [0, 0.1) is 11.8 Å². The third kappa shape index (κ3) is 6.69. The SMILES string of the molecule is O=C(NCc1ccccc1)C(c1ccccc1)N(Cc1ccccc1)C(=O)C#Cc1ccccc1. The molecule has 0 radical (unpaired) electrons. The maximum Gasteiger partial charge on any atom is 0.300 e. The van der Waals surface area contributed by atoms with Crippen molar-refractivity contribution in [3.8, 4) is 11.8 Å². The first-order valence-electron chi connectivity index (χ1n) is 11.5. The molecule has 0 spiro atoms. The Morgan fingerprint density at radius 3 is 1.80 bits per heavy atom. The molecule has 2 amide bonds. The summed E-state index contributed by atoms with van der Waals surface area (Å²) in [6, 6.07) is 37.2. The van der Waals surface area contributed by atoms with Gasteiger partial charge in [0.2, 0.25) is 5.91 Å². The number of hydrogen-bond acceptors (Lipinski definition) is 2. The molecule has 172 valence electrons. The van der Waals surface area contributed by atoms with Gasteiger partial charge in [-0.05, 0) is 28.8 Å². The van der Waals surface area contributed by atoms with Crippen molar-refractivity contribution in [3.05, 3.63) is 144 Å². The van der Waals surface area contributed by atoms with Crippen LogP contribution < -0.4 is 5.32 Å². The van der Waals surface area contributed by atoms with Crippen molar-refractivity contribution in [2.45, 2.75) is 19.1 Å². The Kier molecular flexibility index (Phi) is 8.08. The molecule has 4 heteroatoms. The van der Waals surface area contributed by atoms with Gasteiger partial charge in [-0.25, -0.2) is 0 Å². The molecular formula is C31H26N2O2. The summed E-state index contributed by atoms with van der Waals surface area (Å²) in [7, 11) is 0. The van der Waals surface area contributed by atoms with E-state index in [9.17, 15) is 9.59 Å². The number of nitrogens with zero attached hydrogens (tertiary/aromatic N) is 1. The molecule has 0 saturated carbocycles. The predicted molar refractivity (Wildman–Crippen MR) is 138 cm³/mol. The van der Waals surface area contributed by atoms with Gasteiger partial charge in [-0.3, -0.25) is 9.59 Å². The van der Waals surface area contributed by atoms with Crippen molar-refractivity contribution in [1.29, 1.82) is 0 Å². The number of benzene rings is 4. The normalized spacial score (nSPS) is 11.0. The molecule has 1 atom stereocenters. The molecule has 0 aromatic heterocycles. The molecule has 0 fully saturated rings. The first-order valence-corrected chi connectivity index (χ1v) is 11.5. The lowest BCUT2D eigenvalue weighted by atomic mass is 10.0. The van der Waals surface area contributed by atoms with Crippen LogP contribution >= 0.6 is 0 Å². The van der Waals surface area contributed by atoms with Crippen molar-refractivity contribution >= 4 is 11.8 Å². The Hall–Kier alpha value is -4.62. The first-order chi connectivity index (χ1) is 17.2. The molecule has 0 aliphatic carbocycles. The second-order valence-corrected chi connectivity index (χ2v) is 8.05. The molecule has 0 bridgehead atoms. The van der Waals surface area contributed by atoms with E-state index in [2.05, 4.69) is 17.2 Å². The molecule has 4 rings (SSSR count). The molecule has 1 unspecified atom stereocenters. The summed E-state index contributed by atoms with van der Waals surface area (Å²) in [5, 5.41) is 3.01. The Labute approximate surface area is 206 Å². The monoisotopic (exact) mass is 458 g/mol. The van der Waals surface area contributed by atoms with Gasteiger partial charge in [0.1, 0.15) is 6.04 Å². The molecule has 0 aliphatic rings. The van der Waals surface area contributed by atoms with Crippen LogP contribution in [0.5, 0.6) is 0 Å². The molecule has 35 heavy (non-hydrogen) atoms. The lowest BCUT2D eigenvalue weighted by Gasteiger charge is -2.30. The molecular weight excluding hydrogens is 432 g/mol. The van der Waals surface area contributed by atoms with E-state index in [0.717, 1.165) is 22.3 Å². The lowest BCUT2D eigenvalue weighted by molar-refractivity contribution is -0.137. The Balaban J connectivity index is 1.68. The fourth-order valence-corrected chi connectivity index (χ4v) is 3.77. The van der Waals surface area contributed by atoms with Crippen LogP contribution in [-0.4, -0.2) is 16.7 Å². The van der Waals surface area contributed by atoms with Gasteiger partial charge in [-0.1, -0.05) is 115 Å². The van der Waals surface area contributed by atoms with Gasteiger partial charge in [0.25, 0.3) is 5.91 Å². The van der Waals surface area contributed by atoms with E-state index in [0.29, 0.717) is 6.54 Å². The van der Waals surface area contributed by atoms with E-state index in [1.54, 1.807) is 4.90 Å². The molecule has 0 heterocycles. The fourth-order valence-electron chi connectivity index (χ4n) is 3.77. The zero-order valence-corrected chi connectivity index (χ0v) is 19.3. The van der Waals surface area contributed by atoms with E-state index in [4.69, 9.17) is 0 Å².